The zero-order valence-electron chi connectivity index (χ0n) is 14.8. The van der Waals surface area contributed by atoms with Crippen molar-refractivity contribution in [3.8, 4) is 0 Å². The number of ether oxygens (including phenoxy) is 1. The number of carbonyl (C=O) groups is 1. The average Bonchev–Trinajstić information content (AvgIpc) is 2.70. The van der Waals surface area contributed by atoms with Crippen molar-refractivity contribution in [2.24, 2.45) is 5.11 Å². The molecule has 0 heterocycles. The third-order valence-electron chi connectivity index (χ3n) is 3.83. The maximum atomic E-state index is 12.1. The van der Waals surface area contributed by atoms with Crippen LogP contribution in [0.1, 0.15) is 24.2 Å². The van der Waals surface area contributed by atoms with Crippen LogP contribution in [0.15, 0.2) is 64.6 Å². The Morgan fingerprint density at radius 3 is 2.44 bits per heavy atom. The molecular formula is C18H20N4O4S. The minimum Gasteiger partial charge on any atom is -0.441 e. The molecule has 1 N–H and O–H groups in total. The summed E-state index contributed by atoms with van der Waals surface area (Å²) in [6, 6.07) is 15.3. The van der Waals surface area contributed by atoms with Crippen molar-refractivity contribution in [3.05, 3.63) is 76.2 Å². The number of rotatable bonds is 8. The molecule has 0 aliphatic rings. The van der Waals surface area contributed by atoms with Gasteiger partial charge in [-0.05, 0) is 28.8 Å². The topological polar surface area (TPSA) is 121 Å². The molecule has 1 amide bonds. The molecule has 142 valence electrons. The number of nitrogens with one attached hydrogen (secondary N) is 1. The van der Waals surface area contributed by atoms with Crippen LogP contribution in [0.4, 0.5) is 4.79 Å². The minimum atomic E-state index is -3.32. The van der Waals surface area contributed by atoms with E-state index in [-0.39, 0.29) is 17.2 Å². The number of carbonyl (C=O) groups excluding carboxylic acids is 1. The first-order chi connectivity index (χ1) is 13.0. The molecule has 2 rings (SSSR count). The van der Waals surface area contributed by atoms with Crippen molar-refractivity contribution >= 4 is 15.9 Å². The molecule has 0 saturated heterocycles. The second-order valence-electron chi connectivity index (χ2n) is 5.62. The Balaban J connectivity index is 2.08. The van der Waals surface area contributed by atoms with Gasteiger partial charge in [-0.25, -0.2) is 13.2 Å². The lowest BCUT2D eigenvalue weighted by Crippen LogP contribution is -2.26. The molecule has 0 aliphatic heterocycles. The molecule has 0 aromatic heterocycles. The van der Waals surface area contributed by atoms with Gasteiger partial charge in [0.05, 0.1) is 17.2 Å². The summed E-state index contributed by atoms with van der Waals surface area (Å²) in [4.78, 5) is 14.9. The second-order valence-corrected chi connectivity index (χ2v) is 7.90. The summed E-state index contributed by atoms with van der Waals surface area (Å²) in [5.74, 6) is -0.00705. The highest BCUT2D eigenvalue weighted by Crippen LogP contribution is 2.21. The molecule has 8 nitrogen and oxygen atoms in total. The lowest BCUT2D eigenvalue weighted by Gasteiger charge is -2.17. The smallest absolute Gasteiger partial charge is 0.408 e. The number of alkyl carbamates (subject to hydrolysis) is 1. The lowest BCUT2D eigenvalue weighted by atomic mass is 10.1. The van der Waals surface area contributed by atoms with E-state index in [1.165, 1.54) is 12.1 Å². The van der Waals surface area contributed by atoms with Crippen molar-refractivity contribution in [3.63, 3.8) is 0 Å². The van der Waals surface area contributed by atoms with Crippen LogP contribution in [-0.2, 0) is 21.1 Å². The Labute approximate surface area is 157 Å². The fraction of sp³-hybridized carbons (Fsp3) is 0.278. The average molecular weight is 388 g/mol. The highest BCUT2D eigenvalue weighted by Gasteiger charge is 2.18. The second kappa shape index (κ2) is 9.61. The number of sulfone groups is 1. The first-order valence-corrected chi connectivity index (χ1v) is 9.93. The number of hydrogen-bond acceptors (Lipinski definition) is 5. The van der Waals surface area contributed by atoms with Crippen molar-refractivity contribution in [2.75, 3.05) is 12.3 Å². The summed E-state index contributed by atoms with van der Waals surface area (Å²) in [5.41, 5.74) is 10.0. The van der Waals surface area contributed by atoms with Gasteiger partial charge < -0.3 is 10.1 Å². The minimum absolute atomic E-state index is 0.00705. The van der Waals surface area contributed by atoms with Crippen LogP contribution in [0.25, 0.3) is 10.4 Å². The van der Waals surface area contributed by atoms with Gasteiger partial charge >= 0.3 is 6.09 Å². The van der Waals surface area contributed by atoms with Crippen LogP contribution in [-0.4, -0.2) is 26.8 Å². The van der Waals surface area contributed by atoms with Gasteiger partial charge in [0.25, 0.3) is 0 Å². The zero-order chi connectivity index (χ0) is 19.7. The third kappa shape index (κ3) is 6.02. The van der Waals surface area contributed by atoms with Crippen LogP contribution in [0, 0.1) is 0 Å². The van der Waals surface area contributed by atoms with E-state index in [2.05, 4.69) is 15.3 Å². The largest absolute Gasteiger partial charge is 0.441 e. The van der Waals surface area contributed by atoms with Gasteiger partial charge in [0.15, 0.2) is 9.84 Å². The predicted molar refractivity (Wildman–Crippen MR) is 101 cm³/mol. The molecule has 0 fully saturated rings. The summed E-state index contributed by atoms with van der Waals surface area (Å²) in [7, 11) is -3.32. The summed E-state index contributed by atoms with van der Waals surface area (Å²) in [5, 5.41) is 6.09. The van der Waals surface area contributed by atoms with E-state index >= 15 is 0 Å². The van der Waals surface area contributed by atoms with Gasteiger partial charge in [-0.15, -0.1) is 0 Å². The van der Waals surface area contributed by atoms with Crippen molar-refractivity contribution < 1.29 is 17.9 Å². The van der Waals surface area contributed by atoms with Crippen molar-refractivity contribution in [1.29, 1.82) is 0 Å². The van der Waals surface area contributed by atoms with E-state index in [9.17, 15) is 13.2 Å². The first-order valence-electron chi connectivity index (χ1n) is 8.28. The van der Waals surface area contributed by atoms with E-state index < -0.39 is 22.0 Å². The van der Waals surface area contributed by atoms with Gasteiger partial charge in [0.1, 0.15) is 6.10 Å². The van der Waals surface area contributed by atoms with E-state index in [1.54, 1.807) is 19.1 Å². The number of azide groups is 1. The molecule has 1 unspecified atom stereocenters. The molecule has 2 aromatic carbocycles. The van der Waals surface area contributed by atoms with Crippen molar-refractivity contribution in [2.45, 2.75) is 24.5 Å². The molecule has 0 radical (unpaired) electrons. The third-order valence-corrected chi connectivity index (χ3v) is 5.58. The molecule has 1 atom stereocenters. The Kier molecular flexibility index (Phi) is 7.22. The van der Waals surface area contributed by atoms with E-state index in [4.69, 9.17) is 10.3 Å². The SMILES string of the molecule is CCS(=O)(=O)c1ccc(C(CN=[N+]=[N-])OC(=O)NCc2ccccc2)cc1. The summed E-state index contributed by atoms with van der Waals surface area (Å²) < 4.78 is 29.1. The molecule has 0 spiro atoms. The molecule has 27 heavy (non-hydrogen) atoms. The van der Waals surface area contributed by atoms with Gasteiger partial charge in [0, 0.05) is 11.5 Å². The van der Waals surface area contributed by atoms with Gasteiger partial charge in [-0.3, -0.25) is 0 Å². The molecule has 0 aliphatic carbocycles. The summed E-state index contributed by atoms with van der Waals surface area (Å²) in [6.45, 7) is 1.75. The normalized spacial score (nSPS) is 11.9. The Morgan fingerprint density at radius 1 is 1.19 bits per heavy atom. The van der Waals surface area contributed by atoms with Crippen LogP contribution < -0.4 is 5.32 Å². The Morgan fingerprint density at radius 2 is 1.85 bits per heavy atom. The predicted octanol–water partition coefficient (Wildman–Crippen LogP) is 3.76. The van der Waals surface area contributed by atoms with Crippen LogP contribution >= 0.6 is 0 Å². The fourth-order valence-electron chi connectivity index (χ4n) is 2.32. The van der Waals surface area contributed by atoms with E-state index in [1.807, 2.05) is 30.3 Å². The van der Waals surface area contributed by atoms with Crippen LogP contribution in [0.3, 0.4) is 0 Å². The number of nitrogens with zero attached hydrogens (tertiary/aromatic N) is 3. The molecule has 0 saturated carbocycles. The molecule has 0 bridgehead atoms. The van der Waals surface area contributed by atoms with Crippen molar-refractivity contribution in [1.82, 2.24) is 5.32 Å². The maximum absolute atomic E-state index is 12.1. The number of amides is 1. The molecular weight excluding hydrogens is 368 g/mol. The molecule has 9 heteroatoms. The Bertz CT molecular complexity index is 908. The fourth-order valence-corrected chi connectivity index (χ4v) is 3.20. The van der Waals surface area contributed by atoms with E-state index in [0.29, 0.717) is 12.1 Å². The van der Waals surface area contributed by atoms with Gasteiger partial charge in [-0.1, -0.05) is 54.5 Å². The standard InChI is InChI=1S/C18H20N4O4S/c1-2-27(24,25)16-10-8-15(9-11-16)17(13-21-22-19)26-18(23)20-12-14-6-4-3-5-7-14/h3-11,17H,2,12-13H2,1H3,(H,20,23). The summed E-state index contributed by atoms with van der Waals surface area (Å²) >= 11 is 0. The number of benzene rings is 2. The van der Waals surface area contributed by atoms with Crippen LogP contribution in [0.5, 0.6) is 0 Å². The van der Waals surface area contributed by atoms with Crippen LogP contribution in [0.2, 0.25) is 0 Å². The van der Waals surface area contributed by atoms with E-state index in [0.717, 1.165) is 5.56 Å². The van der Waals surface area contributed by atoms with Gasteiger partial charge in [0.2, 0.25) is 0 Å². The maximum Gasteiger partial charge on any atom is 0.408 e. The lowest BCUT2D eigenvalue weighted by molar-refractivity contribution is 0.101. The molecule has 2 aromatic rings. The zero-order valence-corrected chi connectivity index (χ0v) is 15.6. The highest BCUT2D eigenvalue weighted by atomic mass is 32.2. The first kappa shape index (κ1) is 20.3. The highest BCUT2D eigenvalue weighted by molar-refractivity contribution is 7.91. The number of hydrogen-bond donors (Lipinski definition) is 1. The monoisotopic (exact) mass is 388 g/mol. The van der Waals surface area contributed by atoms with Gasteiger partial charge in [-0.2, -0.15) is 0 Å². The Hall–Kier alpha value is -3.03. The summed E-state index contributed by atoms with van der Waals surface area (Å²) in [6.07, 6.45) is -1.49. The quantitative estimate of drug-likeness (QED) is 0.420.